The van der Waals surface area contributed by atoms with E-state index in [2.05, 4.69) is 13.5 Å². The van der Waals surface area contributed by atoms with E-state index in [-0.39, 0.29) is 24.8 Å². The maximum Gasteiger partial charge on any atom is 0.335 e. The van der Waals surface area contributed by atoms with Gasteiger partial charge in [0.15, 0.2) is 0 Å². The second-order valence-electron chi connectivity index (χ2n) is 5.70. The van der Waals surface area contributed by atoms with E-state index in [1.165, 1.54) is 44.9 Å². The van der Waals surface area contributed by atoms with Gasteiger partial charge in [-0.3, -0.25) is 4.79 Å². The lowest BCUT2D eigenvalue weighted by atomic mass is 10.1. The van der Waals surface area contributed by atoms with Gasteiger partial charge in [-0.25, -0.2) is 4.79 Å². The lowest BCUT2D eigenvalue weighted by molar-refractivity contribution is -0.150. The van der Waals surface area contributed by atoms with Crippen LogP contribution in [0, 0.1) is 0 Å². The summed E-state index contributed by atoms with van der Waals surface area (Å²) in [5.74, 6) is -0.924. The van der Waals surface area contributed by atoms with E-state index < -0.39 is 12.6 Å². The molecule has 0 aromatic heterocycles. The zero-order valence-corrected chi connectivity index (χ0v) is 14.5. The summed E-state index contributed by atoms with van der Waals surface area (Å²) >= 11 is 0. The Balaban J connectivity index is 3.34. The summed E-state index contributed by atoms with van der Waals surface area (Å²) in [5.41, 5.74) is -0.00831. The molecule has 23 heavy (non-hydrogen) atoms. The van der Waals surface area contributed by atoms with E-state index >= 15 is 0 Å². The summed E-state index contributed by atoms with van der Waals surface area (Å²) in [4.78, 5) is 22.6. The fourth-order valence-corrected chi connectivity index (χ4v) is 2.11. The number of carbonyl (C=O) groups is 2. The lowest BCUT2D eigenvalue weighted by Crippen LogP contribution is -2.15. The molecule has 0 amide bonds. The van der Waals surface area contributed by atoms with Crippen molar-refractivity contribution in [2.45, 2.75) is 71.1 Å². The van der Waals surface area contributed by atoms with Crippen LogP contribution in [0.5, 0.6) is 0 Å². The van der Waals surface area contributed by atoms with Gasteiger partial charge in [0.05, 0.1) is 12.2 Å². The van der Waals surface area contributed by atoms with Gasteiger partial charge in [0.25, 0.3) is 0 Å². The second-order valence-corrected chi connectivity index (χ2v) is 5.70. The van der Waals surface area contributed by atoms with Gasteiger partial charge in [0.2, 0.25) is 0 Å². The number of aliphatic hydroxyl groups is 1. The first-order valence-corrected chi connectivity index (χ1v) is 8.73. The molecule has 0 aromatic rings. The smallest absolute Gasteiger partial charge is 0.335 e. The Bertz CT molecular complexity index is 338. The molecular weight excluding hydrogens is 296 g/mol. The van der Waals surface area contributed by atoms with Crippen LogP contribution < -0.4 is 0 Å². The molecule has 0 spiro atoms. The third-order valence-electron chi connectivity index (χ3n) is 3.54. The number of hydrogen-bond acceptors (Lipinski definition) is 5. The van der Waals surface area contributed by atoms with Crippen molar-refractivity contribution in [1.29, 1.82) is 0 Å². The van der Waals surface area contributed by atoms with Crippen molar-refractivity contribution in [2.24, 2.45) is 0 Å². The van der Waals surface area contributed by atoms with Crippen LogP contribution in [-0.2, 0) is 19.1 Å². The molecule has 1 N–H and O–H groups in total. The maximum atomic E-state index is 11.5. The SMILES string of the molecule is C=C(CO)C(=O)OCCOC(=O)CCCCCCCCCCC. The Morgan fingerprint density at radius 3 is 1.96 bits per heavy atom. The van der Waals surface area contributed by atoms with Crippen molar-refractivity contribution in [3.8, 4) is 0 Å². The topological polar surface area (TPSA) is 72.8 Å². The molecule has 0 rings (SSSR count). The Labute approximate surface area is 140 Å². The van der Waals surface area contributed by atoms with Crippen LogP contribution in [0.1, 0.15) is 71.1 Å². The minimum Gasteiger partial charge on any atom is -0.462 e. The molecule has 0 saturated heterocycles. The summed E-state index contributed by atoms with van der Waals surface area (Å²) < 4.78 is 9.74. The second kappa shape index (κ2) is 15.5. The lowest BCUT2D eigenvalue weighted by Gasteiger charge is -2.07. The highest BCUT2D eigenvalue weighted by molar-refractivity contribution is 5.87. The van der Waals surface area contributed by atoms with Gasteiger partial charge >= 0.3 is 11.9 Å². The third-order valence-corrected chi connectivity index (χ3v) is 3.54. The largest absolute Gasteiger partial charge is 0.462 e. The fourth-order valence-electron chi connectivity index (χ4n) is 2.11. The van der Waals surface area contributed by atoms with Crippen LogP contribution in [0.2, 0.25) is 0 Å². The summed E-state index contributed by atoms with van der Waals surface area (Å²) in [7, 11) is 0. The van der Waals surface area contributed by atoms with Crippen molar-refractivity contribution in [3.05, 3.63) is 12.2 Å². The van der Waals surface area contributed by atoms with Crippen LogP contribution in [-0.4, -0.2) is 36.9 Å². The van der Waals surface area contributed by atoms with E-state index in [4.69, 9.17) is 14.6 Å². The zero-order chi connectivity index (χ0) is 17.3. The van der Waals surface area contributed by atoms with Gasteiger partial charge in [-0.1, -0.05) is 64.9 Å². The van der Waals surface area contributed by atoms with Gasteiger partial charge in [-0.15, -0.1) is 0 Å². The van der Waals surface area contributed by atoms with Gasteiger partial charge in [-0.05, 0) is 6.42 Å². The molecule has 0 bridgehead atoms. The van der Waals surface area contributed by atoms with Gasteiger partial charge in [0, 0.05) is 6.42 Å². The highest BCUT2D eigenvalue weighted by Gasteiger charge is 2.07. The molecule has 134 valence electrons. The molecular formula is C18H32O5. The predicted octanol–water partition coefficient (Wildman–Crippen LogP) is 3.54. The Morgan fingerprint density at radius 2 is 1.39 bits per heavy atom. The van der Waals surface area contributed by atoms with Gasteiger partial charge < -0.3 is 14.6 Å². The van der Waals surface area contributed by atoms with Crippen molar-refractivity contribution in [2.75, 3.05) is 19.8 Å². The van der Waals surface area contributed by atoms with Crippen molar-refractivity contribution in [1.82, 2.24) is 0 Å². The predicted molar refractivity (Wildman–Crippen MR) is 90.0 cm³/mol. The number of esters is 2. The van der Waals surface area contributed by atoms with Crippen molar-refractivity contribution in [3.63, 3.8) is 0 Å². The molecule has 0 aromatic carbocycles. The van der Waals surface area contributed by atoms with E-state index in [1.54, 1.807) is 0 Å². The molecule has 5 heteroatoms. The molecule has 0 unspecified atom stereocenters. The van der Waals surface area contributed by atoms with Crippen LogP contribution in [0.15, 0.2) is 12.2 Å². The minimum atomic E-state index is -0.664. The standard InChI is InChI=1S/C18H32O5/c1-3-4-5-6-7-8-9-10-11-12-17(20)22-13-14-23-18(21)16(2)15-19/h19H,2-15H2,1H3. The number of rotatable bonds is 15. The monoisotopic (exact) mass is 328 g/mol. The Morgan fingerprint density at radius 1 is 0.870 bits per heavy atom. The Kier molecular flexibility index (Phi) is 14.6. The van der Waals surface area contributed by atoms with Crippen LogP contribution in [0.4, 0.5) is 0 Å². The average molecular weight is 328 g/mol. The zero-order valence-electron chi connectivity index (χ0n) is 14.5. The molecule has 0 atom stereocenters. The number of carbonyl (C=O) groups excluding carboxylic acids is 2. The van der Waals surface area contributed by atoms with Crippen LogP contribution in [0.3, 0.4) is 0 Å². The summed E-state index contributed by atoms with van der Waals surface area (Å²) in [6.07, 6.45) is 11.2. The van der Waals surface area contributed by atoms with Crippen LogP contribution >= 0.6 is 0 Å². The van der Waals surface area contributed by atoms with E-state index in [0.717, 1.165) is 12.8 Å². The van der Waals surface area contributed by atoms with Gasteiger partial charge in [-0.2, -0.15) is 0 Å². The average Bonchev–Trinajstić information content (AvgIpc) is 2.56. The van der Waals surface area contributed by atoms with Crippen molar-refractivity contribution < 1.29 is 24.2 Å². The molecule has 0 aliphatic heterocycles. The molecule has 0 aliphatic rings. The third kappa shape index (κ3) is 14.0. The molecule has 0 fully saturated rings. The van der Waals surface area contributed by atoms with E-state index in [1.807, 2.05) is 0 Å². The highest BCUT2D eigenvalue weighted by Crippen LogP contribution is 2.10. The van der Waals surface area contributed by atoms with E-state index in [0.29, 0.717) is 6.42 Å². The van der Waals surface area contributed by atoms with Gasteiger partial charge in [0.1, 0.15) is 13.2 Å². The number of aliphatic hydroxyl groups excluding tert-OH is 1. The van der Waals surface area contributed by atoms with Crippen LogP contribution in [0.25, 0.3) is 0 Å². The molecule has 0 aliphatic carbocycles. The number of unbranched alkanes of at least 4 members (excludes halogenated alkanes) is 8. The van der Waals surface area contributed by atoms with E-state index in [9.17, 15) is 9.59 Å². The normalized spacial score (nSPS) is 10.3. The fraction of sp³-hybridized carbons (Fsp3) is 0.778. The highest BCUT2D eigenvalue weighted by atomic mass is 16.6. The summed E-state index contributed by atoms with van der Waals surface area (Å²) in [6, 6.07) is 0. The minimum absolute atomic E-state index is 0.00831. The summed E-state index contributed by atoms with van der Waals surface area (Å²) in [6.45, 7) is 5.15. The maximum absolute atomic E-state index is 11.5. The number of hydrogen-bond donors (Lipinski definition) is 1. The molecule has 0 heterocycles. The first-order chi connectivity index (χ1) is 11.1. The molecule has 5 nitrogen and oxygen atoms in total. The number of ether oxygens (including phenoxy) is 2. The Hall–Kier alpha value is -1.36. The summed E-state index contributed by atoms with van der Waals surface area (Å²) in [5, 5.41) is 8.68. The van der Waals surface area contributed by atoms with Crippen molar-refractivity contribution >= 4 is 11.9 Å². The first kappa shape index (κ1) is 21.6. The molecule has 0 saturated carbocycles. The quantitative estimate of drug-likeness (QED) is 0.283. The molecule has 0 radical (unpaired) electrons. The first-order valence-electron chi connectivity index (χ1n) is 8.73.